The van der Waals surface area contributed by atoms with Gasteiger partial charge in [-0.1, -0.05) is 0 Å². The molecule has 6 heteroatoms. The molecular formula is C8H12O6. The van der Waals surface area contributed by atoms with E-state index in [1.807, 2.05) is 0 Å². The summed E-state index contributed by atoms with van der Waals surface area (Å²) in [5.41, 5.74) is 0. The average Bonchev–Trinajstić information content (AvgIpc) is 2.17. The summed E-state index contributed by atoms with van der Waals surface area (Å²) in [6, 6.07) is 0. The van der Waals surface area contributed by atoms with Crippen LogP contribution < -0.4 is 0 Å². The van der Waals surface area contributed by atoms with Crippen LogP contribution in [0.3, 0.4) is 0 Å². The van der Waals surface area contributed by atoms with Gasteiger partial charge in [0.25, 0.3) is 0 Å². The molecule has 0 amide bonds. The molecule has 6 nitrogen and oxygen atoms in total. The van der Waals surface area contributed by atoms with Gasteiger partial charge in [-0.25, -0.2) is 0 Å². The van der Waals surface area contributed by atoms with Crippen molar-refractivity contribution in [3.05, 3.63) is 0 Å². The third-order valence-electron chi connectivity index (χ3n) is 2.21. The maximum Gasteiger partial charge on any atom is 0.328 e. The van der Waals surface area contributed by atoms with E-state index in [1.54, 1.807) is 0 Å². The van der Waals surface area contributed by atoms with Gasteiger partial charge in [-0.15, -0.1) is 0 Å². The van der Waals surface area contributed by atoms with E-state index in [-0.39, 0.29) is 6.79 Å². The van der Waals surface area contributed by atoms with Gasteiger partial charge in [0.05, 0.1) is 0 Å². The Morgan fingerprint density at radius 3 is 2.00 bits per heavy atom. The zero-order valence-corrected chi connectivity index (χ0v) is 8.23. The molecular weight excluding hydrogens is 192 g/mol. The van der Waals surface area contributed by atoms with E-state index in [2.05, 4.69) is 9.47 Å². The molecule has 0 atom stereocenters. The number of methoxy groups -OCH3 is 2. The van der Waals surface area contributed by atoms with Crippen molar-refractivity contribution in [2.24, 2.45) is 5.92 Å². The highest BCUT2D eigenvalue weighted by Gasteiger charge is 2.49. The Kier molecular flexibility index (Phi) is 3.07. The first kappa shape index (κ1) is 10.9. The molecule has 14 heavy (non-hydrogen) atoms. The second-order valence-electron chi connectivity index (χ2n) is 2.90. The summed E-state index contributed by atoms with van der Waals surface area (Å²) in [5, 5.41) is 0. The van der Waals surface area contributed by atoms with Crippen LogP contribution in [-0.4, -0.2) is 38.7 Å². The molecule has 0 saturated carbocycles. The van der Waals surface area contributed by atoms with Crippen LogP contribution in [0.1, 0.15) is 6.92 Å². The Bertz CT molecular complexity index is 228. The van der Waals surface area contributed by atoms with Gasteiger partial charge in [0, 0.05) is 14.2 Å². The van der Waals surface area contributed by atoms with E-state index >= 15 is 0 Å². The molecule has 1 saturated heterocycles. The lowest BCUT2D eigenvalue weighted by atomic mass is 10.00. The summed E-state index contributed by atoms with van der Waals surface area (Å²) in [4.78, 5) is 22.6. The van der Waals surface area contributed by atoms with E-state index in [9.17, 15) is 9.59 Å². The summed E-state index contributed by atoms with van der Waals surface area (Å²) >= 11 is 0. The Labute approximate surface area is 81.1 Å². The van der Waals surface area contributed by atoms with Crippen molar-refractivity contribution in [2.45, 2.75) is 12.7 Å². The van der Waals surface area contributed by atoms with Crippen molar-refractivity contribution in [3.63, 3.8) is 0 Å². The number of hydrogen-bond acceptors (Lipinski definition) is 6. The first-order valence-corrected chi connectivity index (χ1v) is 3.98. The van der Waals surface area contributed by atoms with Crippen LogP contribution in [0, 0.1) is 5.92 Å². The molecule has 1 aliphatic rings. The molecule has 1 rings (SSSR count). The minimum atomic E-state index is -1.35. The average molecular weight is 204 g/mol. The van der Waals surface area contributed by atoms with Crippen molar-refractivity contribution >= 4 is 11.9 Å². The molecule has 0 aromatic heterocycles. The Balaban J connectivity index is 2.91. The molecule has 0 spiro atoms. The fourth-order valence-corrected chi connectivity index (χ4v) is 1.16. The number of hydrogen-bond donors (Lipinski definition) is 0. The summed E-state index contributed by atoms with van der Waals surface area (Å²) in [6.45, 7) is 1.11. The summed E-state index contributed by atoms with van der Waals surface area (Å²) in [5.74, 6) is -3.96. The molecule has 80 valence electrons. The molecule has 1 aliphatic heterocycles. The molecule has 0 aromatic rings. The van der Waals surface area contributed by atoms with E-state index in [0.29, 0.717) is 0 Å². The standard InChI is InChI=1S/C8H12O6/c1-8(11-2,12-3)5-6(9)13-4-14-7(5)10/h5H,4H2,1-3H3. The molecule has 0 N–H and O–H groups in total. The Hall–Kier alpha value is -1.14. The Morgan fingerprint density at radius 1 is 1.21 bits per heavy atom. The lowest BCUT2D eigenvalue weighted by Gasteiger charge is -2.33. The van der Waals surface area contributed by atoms with Gasteiger partial charge in [-0.2, -0.15) is 0 Å². The van der Waals surface area contributed by atoms with Crippen molar-refractivity contribution in [3.8, 4) is 0 Å². The summed E-state index contributed by atoms with van der Waals surface area (Å²) in [7, 11) is 2.66. The highest BCUT2D eigenvalue weighted by atomic mass is 16.7. The zero-order chi connectivity index (χ0) is 10.8. The van der Waals surface area contributed by atoms with E-state index in [1.165, 1.54) is 21.1 Å². The van der Waals surface area contributed by atoms with Gasteiger partial charge in [0.15, 0.2) is 5.79 Å². The molecule has 0 bridgehead atoms. The van der Waals surface area contributed by atoms with Crippen molar-refractivity contribution in [1.29, 1.82) is 0 Å². The van der Waals surface area contributed by atoms with Crippen molar-refractivity contribution < 1.29 is 28.5 Å². The maximum atomic E-state index is 11.3. The molecule has 0 aliphatic carbocycles. The Morgan fingerprint density at radius 2 is 1.64 bits per heavy atom. The number of carbonyl (C=O) groups is 2. The van der Waals surface area contributed by atoms with Crippen LogP contribution in [0.15, 0.2) is 0 Å². The third kappa shape index (κ3) is 1.71. The third-order valence-corrected chi connectivity index (χ3v) is 2.21. The molecule has 0 unspecified atom stereocenters. The van der Waals surface area contributed by atoms with E-state index in [0.717, 1.165) is 0 Å². The lowest BCUT2D eigenvalue weighted by Crippen LogP contribution is -2.51. The summed E-state index contributed by atoms with van der Waals surface area (Å²) in [6.07, 6.45) is 0. The van der Waals surface area contributed by atoms with Crippen LogP contribution in [-0.2, 0) is 28.5 Å². The number of esters is 2. The van der Waals surface area contributed by atoms with Gasteiger partial charge in [-0.05, 0) is 6.92 Å². The largest absolute Gasteiger partial charge is 0.427 e. The SMILES string of the molecule is COC(C)(OC)C1C(=O)OCOC1=O. The lowest BCUT2D eigenvalue weighted by molar-refractivity contribution is -0.251. The van der Waals surface area contributed by atoms with E-state index < -0.39 is 23.6 Å². The highest BCUT2D eigenvalue weighted by molar-refractivity contribution is 5.97. The molecule has 1 heterocycles. The van der Waals surface area contributed by atoms with Gasteiger partial charge in [0.1, 0.15) is 0 Å². The quantitative estimate of drug-likeness (QED) is 0.356. The minimum absolute atomic E-state index is 0.350. The predicted octanol–water partition coefficient (Wildman–Crippen LogP) is -0.331. The van der Waals surface area contributed by atoms with Gasteiger partial charge in [-0.3, -0.25) is 9.59 Å². The first-order chi connectivity index (χ1) is 6.55. The van der Waals surface area contributed by atoms with Gasteiger partial charge >= 0.3 is 11.9 Å². The van der Waals surface area contributed by atoms with Crippen LogP contribution in [0.25, 0.3) is 0 Å². The molecule has 0 radical (unpaired) electrons. The second kappa shape index (κ2) is 3.93. The van der Waals surface area contributed by atoms with Crippen LogP contribution in [0.2, 0.25) is 0 Å². The van der Waals surface area contributed by atoms with E-state index in [4.69, 9.17) is 9.47 Å². The molecule has 1 fully saturated rings. The zero-order valence-electron chi connectivity index (χ0n) is 8.23. The topological polar surface area (TPSA) is 71.1 Å². The van der Waals surface area contributed by atoms with Crippen LogP contribution in [0.4, 0.5) is 0 Å². The van der Waals surface area contributed by atoms with Crippen molar-refractivity contribution in [2.75, 3.05) is 21.0 Å². The number of carbonyl (C=O) groups excluding carboxylic acids is 2. The monoisotopic (exact) mass is 204 g/mol. The predicted molar refractivity (Wildman–Crippen MR) is 43.0 cm³/mol. The van der Waals surface area contributed by atoms with Crippen LogP contribution in [0.5, 0.6) is 0 Å². The fraction of sp³-hybridized carbons (Fsp3) is 0.750. The first-order valence-electron chi connectivity index (χ1n) is 3.98. The van der Waals surface area contributed by atoms with Crippen molar-refractivity contribution in [1.82, 2.24) is 0 Å². The fourth-order valence-electron chi connectivity index (χ4n) is 1.16. The maximum absolute atomic E-state index is 11.3. The smallest absolute Gasteiger partial charge is 0.328 e. The number of rotatable bonds is 3. The second-order valence-corrected chi connectivity index (χ2v) is 2.90. The number of ether oxygens (including phenoxy) is 4. The minimum Gasteiger partial charge on any atom is -0.427 e. The molecule has 0 aromatic carbocycles. The van der Waals surface area contributed by atoms with Gasteiger partial charge < -0.3 is 18.9 Å². The highest BCUT2D eigenvalue weighted by Crippen LogP contribution is 2.26. The summed E-state index contributed by atoms with van der Waals surface area (Å²) < 4.78 is 19.0. The number of cyclic esters (lactones) is 2. The normalized spacial score (nSPS) is 19.1. The van der Waals surface area contributed by atoms with Crippen LogP contribution >= 0.6 is 0 Å². The van der Waals surface area contributed by atoms with Gasteiger partial charge in [0.2, 0.25) is 12.7 Å².